The second-order valence-corrected chi connectivity index (χ2v) is 10.5. The Morgan fingerprint density at radius 2 is 2.12 bits per heavy atom. The topological polar surface area (TPSA) is 94.3 Å². The number of halogens is 1. The quantitative estimate of drug-likeness (QED) is 0.418. The highest BCUT2D eigenvalue weighted by atomic mass is 19.1. The van der Waals surface area contributed by atoms with Gasteiger partial charge < -0.3 is 20.4 Å². The van der Waals surface area contributed by atoms with Crippen molar-refractivity contribution in [2.75, 3.05) is 39.5 Å². The van der Waals surface area contributed by atoms with Crippen molar-refractivity contribution in [3.05, 3.63) is 77.7 Å². The van der Waals surface area contributed by atoms with Gasteiger partial charge in [-0.25, -0.2) is 14.4 Å². The zero-order valence-electron chi connectivity index (χ0n) is 23.3. The van der Waals surface area contributed by atoms with Crippen LogP contribution in [0.5, 0.6) is 0 Å². The summed E-state index contributed by atoms with van der Waals surface area (Å²) in [5, 5.41) is 6.29. The van der Waals surface area contributed by atoms with Gasteiger partial charge in [0, 0.05) is 50.9 Å². The molecule has 208 valence electrons. The van der Waals surface area contributed by atoms with Gasteiger partial charge in [0.15, 0.2) is 0 Å². The molecular weight excluding hydrogens is 509 g/mol. The number of anilines is 1. The van der Waals surface area contributed by atoms with Crippen LogP contribution in [0.25, 0.3) is 16.9 Å². The van der Waals surface area contributed by atoms with Crippen LogP contribution in [0.4, 0.5) is 10.1 Å². The number of hydrogen-bond donors (Lipinski definition) is 2. The molecule has 10 heteroatoms. The van der Waals surface area contributed by atoms with Gasteiger partial charge in [0.25, 0.3) is 5.91 Å². The van der Waals surface area contributed by atoms with E-state index in [2.05, 4.69) is 22.2 Å². The minimum Gasteiger partial charge on any atom is -0.348 e. The number of carbonyl (C=O) groups excluding carboxylic acids is 2. The maximum Gasteiger partial charge on any atom is 0.254 e. The lowest BCUT2D eigenvalue weighted by molar-refractivity contribution is -0.132. The largest absolute Gasteiger partial charge is 0.348 e. The van der Waals surface area contributed by atoms with Gasteiger partial charge in [-0.1, -0.05) is 12.6 Å². The fraction of sp³-hybridized carbons (Fsp3) is 0.333. The van der Waals surface area contributed by atoms with Crippen molar-refractivity contribution in [1.29, 1.82) is 0 Å². The molecule has 0 aliphatic carbocycles. The van der Waals surface area contributed by atoms with Crippen molar-refractivity contribution in [3.63, 3.8) is 0 Å². The molecule has 3 aromatic rings. The number of rotatable bonds is 8. The summed E-state index contributed by atoms with van der Waals surface area (Å²) in [6, 6.07) is 6.56. The molecule has 0 bridgehead atoms. The maximum absolute atomic E-state index is 13.7. The number of allylic oxidation sites excluding steroid dienone is 1. The number of nitrogens with one attached hydrogen (secondary N) is 2. The van der Waals surface area contributed by atoms with E-state index in [0.29, 0.717) is 48.8 Å². The highest BCUT2D eigenvalue weighted by Gasteiger charge is 2.29. The number of amides is 2. The van der Waals surface area contributed by atoms with Crippen LogP contribution in [0, 0.1) is 11.7 Å². The molecule has 2 aliphatic heterocycles. The Balaban J connectivity index is 1.47. The summed E-state index contributed by atoms with van der Waals surface area (Å²) < 4.78 is 15.5. The van der Waals surface area contributed by atoms with Crippen molar-refractivity contribution >= 4 is 28.9 Å². The van der Waals surface area contributed by atoms with E-state index in [-0.39, 0.29) is 23.5 Å². The first kappa shape index (κ1) is 27.3. The summed E-state index contributed by atoms with van der Waals surface area (Å²) in [5.41, 5.74) is 5.78. The summed E-state index contributed by atoms with van der Waals surface area (Å²) in [5.74, 6) is 0.195. The number of hydrogen-bond acceptors (Lipinski definition) is 6. The lowest BCUT2D eigenvalue weighted by atomic mass is 9.87. The number of nitrogens with zero attached hydrogens (tertiary/aromatic N) is 5. The van der Waals surface area contributed by atoms with Crippen LogP contribution in [0.15, 0.2) is 65.7 Å². The van der Waals surface area contributed by atoms with Crippen LogP contribution in [0.1, 0.15) is 35.7 Å². The number of likely N-dealkylation sites (tertiary alicyclic amines) is 1. The molecule has 0 saturated carbocycles. The molecule has 2 N–H and O–H groups in total. The molecule has 0 unspecified atom stereocenters. The molecule has 1 aromatic carbocycles. The summed E-state index contributed by atoms with van der Waals surface area (Å²) in [6.45, 7) is 7.86. The fourth-order valence-corrected chi connectivity index (χ4v) is 5.28. The number of fused-ring (bicyclic) bond motifs is 2. The third-order valence-corrected chi connectivity index (χ3v) is 7.50. The van der Waals surface area contributed by atoms with Crippen molar-refractivity contribution in [2.24, 2.45) is 10.9 Å². The van der Waals surface area contributed by atoms with Crippen LogP contribution in [-0.4, -0.2) is 70.9 Å². The fourth-order valence-electron chi connectivity index (χ4n) is 5.28. The molecule has 1 fully saturated rings. The minimum absolute atomic E-state index is 0.0359. The second-order valence-electron chi connectivity index (χ2n) is 10.5. The Morgan fingerprint density at radius 1 is 1.32 bits per heavy atom. The summed E-state index contributed by atoms with van der Waals surface area (Å²) in [6.07, 6.45) is 6.45. The average Bonchev–Trinajstić information content (AvgIpc) is 3.52. The van der Waals surface area contributed by atoms with Crippen LogP contribution >= 0.6 is 0 Å². The zero-order valence-corrected chi connectivity index (χ0v) is 23.3. The van der Waals surface area contributed by atoms with E-state index in [4.69, 9.17) is 4.99 Å². The third-order valence-electron chi connectivity index (χ3n) is 7.50. The maximum atomic E-state index is 13.7. The van der Waals surface area contributed by atoms with E-state index >= 15 is 0 Å². The van der Waals surface area contributed by atoms with Crippen molar-refractivity contribution in [1.82, 2.24) is 24.5 Å². The average molecular weight is 544 g/mol. The van der Waals surface area contributed by atoms with E-state index in [1.165, 1.54) is 12.1 Å². The summed E-state index contributed by atoms with van der Waals surface area (Å²) >= 11 is 0. The monoisotopic (exact) mass is 543 g/mol. The predicted molar refractivity (Wildman–Crippen MR) is 155 cm³/mol. The molecule has 4 heterocycles. The lowest BCUT2D eigenvalue weighted by Crippen LogP contribution is -2.38. The molecule has 9 nitrogen and oxygen atoms in total. The number of aliphatic imine (C=N–C) groups is 1. The van der Waals surface area contributed by atoms with Gasteiger partial charge in [0.2, 0.25) is 5.91 Å². The van der Waals surface area contributed by atoms with Crippen molar-refractivity contribution in [2.45, 2.75) is 26.3 Å². The van der Waals surface area contributed by atoms with Gasteiger partial charge >= 0.3 is 0 Å². The Bertz CT molecular complexity index is 1570. The van der Waals surface area contributed by atoms with E-state index in [1.54, 1.807) is 17.3 Å². The molecular formula is C30H34FN7O2. The first-order valence-corrected chi connectivity index (χ1v) is 13.3. The number of aromatic nitrogens is 2. The first-order chi connectivity index (χ1) is 19.2. The Kier molecular flexibility index (Phi) is 7.53. The smallest absolute Gasteiger partial charge is 0.254 e. The van der Waals surface area contributed by atoms with Gasteiger partial charge in [0.1, 0.15) is 17.3 Å². The van der Waals surface area contributed by atoms with Crippen LogP contribution in [0.3, 0.4) is 0 Å². The lowest BCUT2D eigenvalue weighted by Gasteiger charge is -2.31. The first-order valence-electron chi connectivity index (χ1n) is 13.3. The van der Waals surface area contributed by atoms with Gasteiger partial charge in [0.05, 0.1) is 28.9 Å². The molecule has 5 rings (SSSR count). The normalized spacial score (nSPS) is 17.9. The Labute approximate surface area is 233 Å². The Morgan fingerprint density at radius 3 is 2.85 bits per heavy atom. The number of piperidine rings is 1. The third kappa shape index (κ3) is 5.27. The standard InChI is InChI=1S/C30H34FN7O2/c1-6-26(35-24(17-36(3)4)18(2)19-9-11-37(5)28(39)13-19)34-23-8-7-21(22-15-33-30(40)29(22)23)25-16-32-27-14-20(31)10-12-38(25)27/h6-8,10,12,14,16,19,34H,2,9,11,13,15,17H2,1,3-5H3,(H,33,40)/b26-6-,35-24?/t19-/m0/s1. The number of imidazole rings is 1. The SMILES string of the molecule is C=C(C(CN(C)C)=N/C(=C\C)Nc1ccc(-c2cnc3cc(F)ccn23)c2c1C(=O)NC2)[C@H]1CCN(C)C(=O)C1. The number of carbonyl (C=O) groups is 2. The van der Waals surface area contributed by atoms with E-state index < -0.39 is 0 Å². The second kappa shape index (κ2) is 11.1. The van der Waals surface area contributed by atoms with Gasteiger partial charge in [-0.15, -0.1) is 0 Å². The van der Waals surface area contributed by atoms with Crippen molar-refractivity contribution < 1.29 is 14.0 Å². The number of pyridine rings is 1. The van der Waals surface area contributed by atoms with Gasteiger partial charge in [-0.05, 0) is 62.7 Å². The number of benzene rings is 1. The van der Waals surface area contributed by atoms with Crippen molar-refractivity contribution in [3.8, 4) is 11.3 Å². The molecule has 1 saturated heterocycles. The van der Waals surface area contributed by atoms with E-state index in [0.717, 1.165) is 34.5 Å². The molecule has 2 aliphatic rings. The van der Waals surface area contributed by atoms with Gasteiger partial charge in [-0.2, -0.15) is 0 Å². The molecule has 2 aromatic heterocycles. The highest BCUT2D eigenvalue weighted by molar-refractivity contribution is 6.06. The van der Waals surface area contributed by atoms with E-state index in [1.807, 2.05) is 55.6 Å². The molecule has 2 amide bonds. The zero-order chi connectivity index (χ0) is 28.6. The Hall–Kier alpha value is -4.31. The predicted octanol–water partition coefficient (Wildman–Crippen LogP) is 4.08. The minimum atomic E-state index is -0.357. The van der Waals surface area contributed by atoms with Crippen LogP contribution in [-0.2, 0) is 11.3 Å². The van der Waals surface area contributed by atoms with E-state index in [9.17, 15) is 14.0 Å². The molecule has 1 atom stereocenters. The van der Waals surface area contributed by atoms with Gasteiger partial charge in [-0.3, -0.25) is 14.0 Å². The molecule has 0 spiro atoms. The summed E-state index contributed by atoms with van der Waals surface area (Å²) in [7, 11) is 5.76. The highest BCUT2D eigenvalue weighted by Crippen LogP contribution is 2.35. The molecule has 0 radical (unpaired) electrons. The van der Waals surface area contributed by atoms with Crippen LogP contribution in [0.2, 0.25) is 0 Å². The molecule has 40 heavy (non-hydrogen) atoms. The summed E-state index contributed by atoms with van der Waals surface area (Å²) in [4.78, 5) is 38.4. The van der Waals surface area contributed by atoms with Crippen LogP contribution < -0.4 is 10.6 Å².